The van der Waals surface area contributed by atoms with E-state index in [1.54, 1.807) is 6.07 Å². The first-order valence-corrected chi connectivity index (χ1v) is 6.24. The quantitative estimate of drug-likeness (QED) is 0.862. The summed E-state index contributed by atoms with van der Waals surface area (Å²) in [7, 11) is 0. The van der Waals surface area contributed by atoms with Gasteiger partial charge in [-0.3, -0.25) is 0 Å². The summed E-state index contributed by atoms with van der Waals surface area (Å²) < 4.78 is 33.1. The Balaban J connectivity index is 0.00000133. The number of fused-ring (bicyclic) bond motifs is 1. The summed E-state index contributed by atoms with van der Waals surface area (Å²) in [4.78, 5) is 0. The van der Waals surface area contributed by atoms with Gasteiger partial charge in [0.15, 0.2) is 11.6 Å². The molecule has 1 fully saturated rings. The third-order valence-corrected chi connectivity index (χ3v) is 3.82. The van der Waals surface area contributed by atoms with E-state index in [1.165, 1.54) is 12.3 Å². The van der Waals surface area contributed by atoms with Gasteiger partial charge in [-0.1, -0.05) is 6.92 Å². The molecule has 1 aromatic heterocycles. The molecule has 2 unspecified atom stereocenters. The van der Waals surface area contributed by atoms with Crippen LogP contribution in [0.25, 0.3) is 11.0 Å². The maximum Gasteiger partial charge on any atom is 0.166 e. The molecule has 1 aliphatic rings. The van der Waals surface area contributed by atoms with Gasteiger partial charge < -0.3 is 9.73 Å². The van der Waals surface area contributed by atoms with Gasteiger partial charge >= 0.3 is 0 Å². The Hall–Kier alpha value is -1.13. The summed E-state index contributed by atoms with van der Waals surface area (Å²) in [6.45, 7) is 3.70. The number of rotatable bonds is 1. The van der Waals surface area contributed by atoms with Crippen molar-refractivity contribution in [3.8, 4) is 0 Å². The van der Waals surface area contributed by atoms with Crippen LogP contribution in [0, 0.1) is 17.6 Å². The zero-order valence-electron chi connectivity index (χ0n) is 10.6. The van der Waals surface area contributed by atoms with Gasteiger partial charge in [0.05, 0.1) is 6.26 Å². The molecule has 1 N–H and O–H groups in total. The molecule has 0 bridgehead atoms. The molecular formula is C14H16ClF2NO. The van der Waals surface area contributed by atoms with Gasteiger partial charge in [0.25, 0.3) is 0 Å². The van der Waals surface area contributed by atoms with Gasteiger partial charge in [-0.05, 0) is 43.5 Å². The second kappa shape index (κ2) is 5.47. The smallest absolute Gasteiger partial charge is 0.166 e. The molecule has 104 valence electrons. The van der Waals surface area contributed by atoms with E-state index in [0.717, 1.165) is 19.5 Å². The van der Waals surface area contributed by atoms with E-state index < -0.39 is 11.6 Å². The van der Waals surface area contributed by atoms with Crippen molar-refractivity contribution >= 4 is 23.4 Å². The molecule has 1 saturated heterocycles. The van der Waals surface area contributed by atoms with Crippen LogP contribution in [0.2, 0.25) is 0 Å². The minimum absolute atomic E-state index is 0. The fourth-order valence-corrected chi connectivity index (χ4v) is 2.85. The molecule has 2 heterocycles. The Morgan fingerprint density at radius 3 is 2.89 bits per heavy atom. The number of hydrogen-bond acceptors (Lipinski definition) is 2. The van der Waals surface area contributed by atoms with Gasteiger partial charge in [-0.15, -0.1) is 12.4 Å². The highest BCUT2D eigenvalue weighted by Crippen LogP contribution is 2.37. The van der Waals surface area contributed by atoms with Crippen LogP contribution in [-0.2, 0) is 0 Å². The fourth-order valence-electron chi connectivity index (χ4n) is 2.85. The summed E-state index contributed by atoms with van der Waals surface area (Å²) in [6, 6.07) is 2.87. The highest BCUT2D eigenvalue weighted by molar-refractivity contribution is 5.85. The molecule has 2 atom stereocenters. The van der Waals surface area contributed by atoms with Crippen LogP contribution in [0.5, 0.6) is 0 Å². The molecule has 0 saturated carbocycles. The van der Waals surface area contributed by atoms with Crippen molar-refractivity contribution in [3.63, 3.8) is 0 Å². The largest absolute Gasteiger partial charge is 0.464 e. The Bertz CT molecular complexity index is 584. The molecule has 19 heavy (non-hydrogen) atoms. The van der Waals surface area contributed by atoms with Crippen LogP contribution in [0.1, 0.15) is 24.8 Å². The van der Waals surface area contributed by atoms with Crippen LogP contribution in [0.3, 0.4) is 0 Å². The topological polar surface area (TPSA) is 25.2 Å². The second-order valence-corrected chi connectivity index (χ2v) is 5.00. The van der Waals surface area contributed by atoms with Gasteiger partial charge in [0, 0.05) is 10.9 Å². The minimum atomic E-state index is -0.787. The lowest BCUT2D eigenvalue weighted by molar-refractivity contribution is 0.337. The zero-order valence-corrected chi connectivity index (χ0v) is 11.4. The van der Waals surface area contributed by atoms with E-state index in [-0.39, 0.29) is 24.2 Å². The average Bonchev–Trinajstić information content (AvgIpc) is 2.80. The van der Waals surface area contributed by atoms with E-state index >= 15 is 0 Å². The molecule has 3 rings (SSSR count). The summed E-state index contributed by atoms with van der Waals surface area (Å²) in [5.74, 6) is -1.26. The van der Waals surface area contributed by atoms with Crippen LogP contribution < -0.4 is 5.32 Å². The fraction of sp³-hybridized carbons (Fsp3) is 0.429. The van der Waals surface area contributed by atoms with Crippen molar-refractivity contribution in [2.45, 2.75) is 19.3 Å². The maximum atomic E-state index is 14.1. The molecule has 0 aliphatic carbocycles. The van der Waals surface area contributed by atoms with Gasteiger partial charge in [-0.2, -0.15) is 0 Å². The van der Waals surface area contributed by atoms with Crippen molar-refractivity contribution in [3.05, 3.63) is 35.6 Å². The number of furan rings is 1. The van der Waals surface area contributed by atoms with E-state index in [4.69, 9.17) is 4.42 Å². The lowest BCUT2D eigenvalue weighted by atomic mass is 9.81. The van der Waals surface area contributed by atoms with Gasteiger partial charge in [0.2, 0.25) is 0 Å². The van der Waals surface area contributed by atoms with Crippen molar-refractivity contribution < 1.29 is 13.2 Å². The molecule has 0 amide bonds. The Morgan fingerprint density at radius 2 is 2.16 bits per heavy atom. The molecule has 1 aromatic carbocycles. The normalized spacial score (nSPS) is 23.3. The van der Waals surface area contributed by atoms with Crippen molar-refractivity contribution in [1.82, 2.24) is 5.32 Å². The molecule has 0 spiro atoms. The van der Waals surface area contributed by atoms with Crippen LogP contribution in [-0.4, -0.2) is 13.1 Å². The van der Waals surface area contributed by atoms with Crippen molar-refractivity contribution in [2.24, 2.45) is 5.92 Å². The molecule has 0 radical (unpaired) electrons. The van der Waals surface area contributed by atoms with Crippen LogP contribution in [0.15, 0.2) is 22.8 Å². The Labute approximate surface area is 116 Å². The van der Waals surface area contributed by atoms with Crippen LogP contribution >= 0.6 is 12.4 Å². The molecule has 5 heteroatoms. The lowest BCUT2D eigenvalue weighted by Crippen LogP contribution is -2.34. The number of hydrogen-bond donors (Lipinski definition) is 1. The molecule has 2 aromatic rings. The highest BCUT2D eigenvalue weighted by atomic mass is 35.5. The predicted molar refractivity (Wildman–Crippen MR) is 72.8 cm³/mol. The first-order chi connectivity index (χ1) is 8.68. The van der Waals surface area contributed by atoms with Crippen molar-refractivity contribution in [1.29, 1.82) is 0 Å². The number of piperidine rings is 1. The monoisotopic (exact) mass is 287 g/mol. The third-order valence-electron chi connectivity index (χ3n) is 3.82. The van der Waals surface area contributed by atoms with Crippen LogP contribution in [0.4, 0.5) is 8.78 Å². The van der Waals surface area contributed by atoms with E-state index in [2.05, 4.69) is 12.2 Å². The number of benzene rings is 1. The highest BCUT2D eigenvalue weighted by Gasteiger charge is 2.29. The average molecular weight is 288 g/mol. The summed E-state index contributed by atoms with van der Waals surface area (Å²) >= 11 is 0. The second-order valence-electron chi connectivity index (χ2n) is 5.00. The van der Waals surface area contributed by atoms with Gasteiger partial charge in [-0.25, -0.2) is 8.78 Å². The molecular weight excluding hydrogens is 272 g/mol. The van der Waals surface area contributed by atoms with E-state index in [0.29, 0.717) is 16.5 Å². The third kappa shape index (κ3) is 2.35. The Kier molecular flexibility index (Phi) is 4.11. The van der Waals surface area contributed by atoms with Gasteiger partial charge in [0.1, 0.15) is 5.58 Å². The van der Waals surface area contributed by atoms with E-state index in [1.807, 2.05) is 0 Å². The first-order valence-electron chi connectivity index (χ1n) is 6.24. The summed E-state index contributed by atoms with van der Waals surface area (Å²) in [6.07, 6.45) is 2.29. The summed E-state index contributed by atoms with van der Waals surface area (Å²) in [5.41, 5.74) is 0.900. The SMILES string of the molecule is CC1CNCCC1c1c(F)c(F)cc2ccoc12.Cl. The van der Waals surface area contributed by atoms with Crippen molar-refractivity contribution in [2.75, 3.05) is 13.1 Å². The standard InChI is InChI=1S/C14H15F2NO.ClH/c1-8-7-17-4-2-10(8)12-13(16)11(15)6-9-3-5-18-14(9)12;/h3,5-6,8,10,17H,2,4,7H2,1H3;1H. The number of nitrogens with one attached hydrogen (secondary N) is 1. The summed E-state index contributed by atoms with van der Waals surface area (Å²) in [5, 5.41) is 3.90. The molecule has 2 nitrogen and oxygen atoms in total. The minimum Gasteiger partial charge on any atom is -0.464 e. The maximum absolute atomic E-state index is 14.1. The molecule has 1 aliphatic heterocycles. The lowest BCUT2D eigenvalue weighted by Gasteiger charge is -2.30. The first kappa shape index (κ1) is 14.3. The van der Waals surface area contributed by atoms with E-state index in [9.17, 15) is 8.78 Å². The predicted octanol–water partition coefficient (Wildman–Crippen LogP) is 3.85. The number of halogens is 3. The zero-order chi connectivity index (χ0) is 12.7. The Morgan fingerprint density at radius 1 is 1.37 bits per heavy atom.